The number of hydrogen-bond donors (Lipinski definition) is 2. The first-order chi connectivity index (χ1) is 9.70. The molecule has 1 saturated heterocycles. The molecule has 0 radical (unpaired) electrons. The molecule has 1 aliphatic rings. The topological polar surface area (TPSA) is 57.3 Å². The molecule has 0 spiro atoms. The summed E-state index contributed by atoms with van der Waals surface area (Å²) in [5.41, 5.74) is 0.627. The first kappa shape index (κ1) is 14.8. The van der Waals surface area contributed by atoms with E-state index in [-0.39, 0.29) is 5.91 Å². The Kier molecular flexibility index (Phi) is 5.35. The number of nitrogens with zero attached hydrogens (tertiary/aromatic N) is 2. The van der Waals surface area contributed by atoms with Crippen molar-refractivity contribution < 1.29 is 4.79 Å². The molecule has 20 heavy (non-hydrogen) atoms. The fourth-order valence-electron chi connectivity index (χ4n) is 2.50. The van der Waals surface area contributed by atoms with E-state index in [0.29, 0.717) is 17.3 Å². The number of rotatable bonds is 5. The summed E-state index contributed by atoms with van der Waals surface area (Å²) in [7, 11) is 2.15. The maximum atomic E-state index is 12.2. The second-order valence-corrected chi connectivity index (χ2v) is 5.39. The zero-order valence-corrected chi connectivity index (χ0v) is 12.4. The largest absolute Gasteiger partial charge is 0.370 e. The van der Waals surface area contributed by atoms with E-state index in [9.17, 15) is 4.79 Å². The van der Waals surface area contributed by atoms with Gasteiger partial charge >= 0.3 is 0 Å². The van der Waals surface area contributed by atoms with E-state index in [1.807, 2.05) is 13.0 Å². The monoisotopic (exact) mass is 276 g/mol. The van der Waals surface area contributed by atoms with E-state index in [1.165, 1.54) is 0 Å². The third-order valence-corrected chi connectivity index (χ3v) is 3.79. The van der Waals surface area contributed by atoms with E-state index in [0.717, 1.165) is 39.0 Å². The molecule has 5 heteroatoms. The van der Waals surface area contributed by atoms with Crippen LogP contribution < -0.4 is 10.6 Å². The molecule has 0 aliphatic carbocycles. The van der Waals surface area contributed by atoms with Crippen LogP contribution >= 0.6 is 0 Å². The Balaban J connectivity index is 1.88. The number of likely N-dealkylation sites (tertiary alicyclic amines) is 1. The van der Waals surface area contributed by atoms with Gasteiger partial charge in [0.2, 0.25) is 0 Å². The molecule has 2 rings (SSSR count). The maximum Gasteiger partial charge on any atom is 0.255 e. The number of anilines is 1. The number of amides is 1. The molecule has 1 aromatic rings. The van der Waals surface area contributed by atoms with Crippen molar-refractivity contribution in [2.45, 2.75) is 19.8 Å². The summed E-state index contributed by atoms with van der Waals surface area (Å²) in [6, 6.07) is 3.61. The van der Waals surface area contributed by atoms with Gasteiger partial charge in [-0.3, -0.25) is 4.79 Å². The molecule has 0 unspecified atom stereocenters. The van der Waals surface area contributed by atoms with Gasteiger partial charge in [0.25, 0.3) is 5.91 Å². The average molecular weight is 276 g/mol. The second-order valence-electron chi connectivity index (χ2n) is 5.39. The van der Waals surface area contributed by atoms with Gasteiger partial charge < -0.3 is 15.5 Å². The first-order valence-corrected chi connectivity index (χ1v) is 7.36. The number of nitrogens with one attached hydrogen (secondary N) is 2. The van der Waals surface area contributed by atoms with Gasteiger partial charge in [0, 0.05) is 19.3 Å². The predicted octanol–water partition coefficient (Wildman–Crippen LogP) is 1.58. The predicted molar refractivity (Wildman–Crippen MR) is 81.0 cm³/mol. The van der Waals surface area contributed by atoms with Gasteiger partial charge in [0.15, 0.2) is 0 Å². The Bertz CT molecular complexity index is 441. The van der Waals surface area contributed by atoms with Gasteiger partial charge in [-0.2, -0.15) is 0 Å². The number of pyridine rings is 1. The van der Waals surface area contributed by atoms with Crippen LogP contribution in [0.2, 0.25) is 0 Å². The lowest BCUT2D eigenvalue weighted by Crippen LogP contribution is -2.37. The summed E-state index contributed by atoms with van der Waals surface area (Å²) in [4.78, 5) is 18.8. The van der Waals surface area contributed by atoms with Gasteiger partial charge in [-0.15, -0.1) is 0 Å². The molecular formula is C15H24N4O. The Morgan fingerprint density at radius 3 is 2.90 bits per heavy atom. The third kappa shape index (κ3) is 3.93. The number of carbonyl (C=O) groups is 1. The SMILES string of the molecule is CCNc1ncccc1C(=O)NCC1CCN(C)CC1. The molecule has 1 fully saturated rings. The molecule has 2 N–H and O–H groups in total. The van der Waals surface area contributed by atoms with Crippen molar-refractivity contribution in [2.75, 3.05) is 38.5 Å². The summed E-state index contributed by atoms with van der Waals surface area (Å²) < 4.78 is 0. The lowest BCUT2D eigenvalue weighted by atomic mass is 9.97. The number of hydrogen-bond acceptors (Lipinski definition) is 4. The second kappa shape index (κ2) is 7.24. The number of aromatic nitrogens is 1. The fraction of sp³-hybridized carbons (Fsp3) is 0.600. The molecule has 1 aromatic heterocycles. The minimum atomic E-state index is -0.0343. The summed E-state index contributed by atoms with van der Waals surface area (Å²) in [6.45, 7) is 5.75. The fourth-order valence-corrected chi connectivity index (χ4v) is 2.50. The van der Waals surface area contributed by atoms with Crippen molar-refractivity contribution >= 4 is 11.7 Å². The summed E-state index contributed by atoms with van der Waals surface area (Å²) in [5, 5.41) is 6.17. The quantitative estimate of drug-likeness (QED) is 0.857. The van der Waals surface area contributed by atoms with Crippen LogP contribution in [0.1, 0.15) is 30.1 Å². The van der Waals surface area contributed by atoms with Crippen LogP contribution in [-0.4, -0.2) is 49.0 Å². The zero-order chi connectivity index (χ0) is 14.4. The highest BCUT2D eigenvalue weighted by Crippen LogP contribution is 2.16. The van der Waals surface area contributed by atoms with Crippen LogP contribution in [0.25, 0.3) is 0 Å². The Morgan fingerprint density at radius 2 is 2.20 bits per heavy atom. The summed E-state index contributed by atoms with van der Waals surface area (Å²) in [6.07, 6.45) is 4.01. The number of piperidine rings is 1. The Labute approximate surface area is 120 Å². The van der Waals surface area contributed by atoms with Gasteiger partial charge in [0.1, 0.15) is 5.82 Å². The van der Waals surface area contributed by atoms with E-state index in [4.69, 9.17) is 0 Å². The van der Waals surface area contributed by atoms with E-state index >= 15 is 0 Å². The molecule has 1 amide bonds. The Morgan fingerprint density at radius 1 is 1.45 bits per heavy atom. The van der Waals surface area contributed by atoms with Crippen LogP contribution in [-0.2, 0) is 0 Å². The highest BCUT2D eigenvalue weighted by molar-refractivity contribution is 5.98. The molecule has 5 nitrogen and oxygen atoms in total. The van der Waals surface area contributed by atoms with Crippen LogP contribution in [0.15, 0.2) is 18.3 Å². The molecule has 0 bridgehead atoms. The standard InChI is InChI=1S/C15H24N4O/c1-3-16-14-13(5-4-8-17-14)15(20)18-11-12-6-9-19(2)10-7-12/h4-5,8,12H,3,6-7,9-11H2,1-2H3,(H,16,17)(H,18,20). The third-order valence-electron chi connectivity index (χ3n) is 3.79. The van der Waals surface area contributed by atoms with E-state index in [2.05, 4.69) is 27.6 Å². The molecule has 0 aromatic carbocycles. The lowest BCUT2D eigenvalue weighted by molar-refractivity contribution is 0.0939. The molecule has 0 atom stereocenters. The minimum Gasteiger partial charge on any atom is -0.370 e. The molecule has 110 valence electrons. The highest BCUT2D eigenvalue weighted by Gasteiger charge is 2.18. The smallest absolute Gasteiger partial charge is 0.255 e. The molecular weight excluding hydrogens is 252 g/mol. The van der Waals surface area contributed by atoms with Crippen molar-refractivity contribution in [1.29, 1.82) is 0 Å². The van der Waals surface area contributed by atoms with E-state index < -0.39 is 0 Å². The van der Waals surface area contributed by atoms with Crippen LogP contribution in [0.3, 0.4) is 0 Å². The van der Waals surface area contributed by atoms with Crippen molar-refractivity contribution in [3.8, 4) is 0 Å². The van der Waals surface area contributed by atoms with Gasteiger partial charge in [0.05, 0.1) is 5.56 Å². The Hall–Kier alpha value is -1.62. The molecule has 2 heterocycles. The summed E-state index contributed by atoms with van der Waals surface area (Å²) in [5.74, 6) is 1.22. The maximum absolute atomic E-state index is 12.2. The van der Waals surface area contributed by atoms with Gasteiger partial charge in [-0.1, -0.05) is 0 Å². The zero-order valence-electron chi connectivity index (χ0n) is 12.4. The van der Waals surface area contributed by atoms with Crippen molar-refractivity contribution in [1.82, 2.24) is 15.2 Å². The minimum absolute atomic E-state index is 0.0343. The normalized spacial score (nSPS) is 16.9. The first-order valence-electron chi connectivity index (χ1n) is 7.36. The van der Waals surface area contributed by atoms with Gasteiger partial charge in [-0.25, -0.2) is 4.98 Å². The van der Waals surface area contributed by atoms with Crippen molar-refractivity contribution in [3.63, 3.8) is 0 Å². The number of carbonyl (C=O) groups excluding carboxylic acids is 1. The van der Waals surface area contributed by atoms with Crippen LogP contribution in [0.4, 0.5) is 5.82 Å². The van der Waals surface area contributed by atoms with Crippen molar-refractivity contribution in [2.24, 2.45) is 5.92 Å². The van der Waals surface area contributed by atoms with Crippen LogP contribution in [0.5, 0.6) is 0 Å². The summed E-state index contributed by atoms with van der Waals surface area (Å²) >= 11 is 0. The van der Waals surface area contributed by atoms with E-state index in [1.54, 1.807) is 12.3 Å². The van der Waals surface area contributed by atoms with Crippen molar-refractivity contribution in [3.05, 3.63) is 23.9 Å². The van der Waals surface area contributed by atoms with Gasteiger partial charge in [-0.05, 0) is 58.0 Å². The highest BCUT2D eigenvalue weighted by atomic mass is 16.1. The average Bonchev–Trinajstić information content (AvgIpc) is 2.47. The lowest BCUT2D eigenvalue weighted by Gasteiger charge is -2.29. The molecule has 1 aliphatic heterocycles. The van der Waals surface area contributed by atoms with Crippen LogP contribution in [0, 0.1) is 5.92 Å². The molecule has 0 saturated carbocycles.